The van der Waals surface area contributed by atoms with E-state index >= 15 is 0 Å². The van der Waals surface area contributed by atoms with Gasteiger partial charge in [-0.2, -0.15) is 0 Å². The zero-order chi connectivity index (χ0) is 13.2. The van der Waals surface area contributed by atoms with Gasteiger partial charge in [-0.25, -0.2) is 4.79 Å². The van der Waals surface area contributed by atoms with Crippen molar-refractivity contribution in [1.82, 2.24) is 5.32 Å². The minimum atomic E-state index is -0.832. The van der Waals surface area contributed by atoms with E-state index in [-0.39, 0.29) is 6.42 Å². The highest BCUT2D eigenvalue weighted by Gasteiger charge is 2.39. The van der Waals surface area contributed by atoms with Crippen LogP contribution < -0.4 is 5.32 Å². The molecular formula is C11H19NO5. The Morgan fingerprint density at radius 2 is 2.18 bits per heavy atom. The molecule has 0 aromatic rings. The van der Waals surface area contributed by atoms with Gasteiger partial charge in [-0.1, -0.05) is 0 Å². The Hall–Kier alpha value is -1.30. The third-order valence-corrected chi connectivity index (χ3v) is 2.23. The van der Waals surface area contributed by atoms with Crippen LogP contribution in [-0.4, -0.2) is 41.0 Å². The van der Waals surface area contributed by atoms with Crippen LogP contribution in [0.2, 0.25) is 0 Å². The van der Waals surface area contributed by atoms with Gasteiger partial charge < -0.3 is 19.9 Å². The average molecular weight is 245 g/mol. The Labute approximate surface area is 100 Å². The largest absolute Gasteiger partial charge is 0.457 e. The lowest BCUT2D eigenvalue weighted by molar-refractivity contribution is -0.145. The summed E-state index contributed by atoms with van der Waals surface area (Å²) < 4.78 is 9.97. The topological polar surface area (TPSA) is 84.9 Å². The number of carbonyl (C=O) groups is 2. The molecule has 0 radical (unpaired) electrons. The minimum Gasteiger partial charge on any atom is -0.457 e. The number of cyclic esters (lactones) is 1. The first-order chi connectivity index (χ1) is 7.69. The monoisotopic (exact) mass is 245 g/mol. The van der Waals surface area contributed by atoms with E-state index in [2.05, 4.69) is 5.32 Å². The quantitative estimate of drug-likeness (QED) is 0.695. The van der Waals surface area contributed by atoms with Crippen LogP contribution in [0.25, 0.3) is 0 Å². The molecule has 0 spiro atoms. The molecule has 1 amide bonds. The molecule has 17 heavy (non-hydrogen) atoms. The summed E-state index contributed by atoms with van der Waals surface area (Å²) >= 11 is 0. The Morgan fingerprint density at radius 3 is 2.65 bits per heavy atom. The maximum absolute atomic E-state index is 11.5. The molecule has 0 unspecified atom stereocenters. The molecule has 0 bridgehead atoms. The molecule has 1 aliphatic rings. The van der Waals surface area contributed by atoms with Gasteiger partial charge in [-0.3, -0.25) is 4.79 Å². The van der Waals surface area contributed by atoms with Crippen molar-refractivity contribution in [3.63, 3.8) is 0 Å². The number of rotatable bonds is 2. The fraction of sp³-hybridized carbons (Fsp3) is 0.818. The van der Waals surface area contributed by atoms with Crippen LogP contribution in [0.5, 0.6) is 0 Å². The first-order valence-electron chi connectivity index (χ1n) is 5.56. The van der Waals surface area contributed by atoms with Crippen molar-refractivity contribution in [3.8, 4) is 0 Å². The molecule has 1 rings (SSSR count). The predicted molar refractivity (Wildman–Crippen MR) is 59.3 cm³/mol. The van der Waals surface area contributed by atoms with Crippen LogP contribution in [0.3, 0.4) is 0 Å². The SMILES string of the molecule is C[C@@H](O)[C@@H]1OC(=O)C[C@@H]1NC(=O)OC(C)(C)C. The molecule has 0 aliphatic carbocycles. The highest BCUT2D eigenvalue weighted by Crippen LogP contribution is 2.19. The number of aliphatic hydroxyl groups excluding tert-OH is 1. The summed E-state index contributed by atoms with van der Waals surface area (Å²) in [6.45, 7) is 6.74. The van der Waals surface area contributed by atoms with Gasteiger partial charge in [-0.05, 0) is 27.7 Å². The van der Waals surface area contributed by atoms with Gasteiger partial charge in [0.25, 0.3) is 0 Å². The molecule has 2 N–H and O–H groups in total. The summed E-state index contributed by atoms with van der Waals surface area (Å²) in [4.78, 5) is 22.6. The summed E-state index contributed by atoms with van der Waals surface area (Å²) in [6, 6.07) is -0.544. The second-order valence-electron chi connectivity index (χ2n) is 5.15. The molecule has 1 fully saturated rings. The highest BCUT2D eigenvalue weighted by atomic mass is 16.6. The minimum absolute atomic E-state index is 0.0504. The van der Waals surface area contributed by atoms with Gasteiger partial charge in [0.1, 0.15) is 11.7 Å². The number of nitrogens with one attached hydrogen (secondary N) is 1. The fourth-order valence-corrected chi connectivity index (χ4v) is 1.60. The first-order valence-corrected chi connectivity index (χ1v) is 5.56. The van der Waals surface area contributed by atoms with Gasteiger partial charge in [0.15, 0.2) is 0 Å². The smallest absolute Gasteiger partial charge is 0.408 e. The molecule has 0 saturated carbocycles. The van der Waals surface area contributed by atoms with E-state index in [1.54, 1.807) is 20.8 Å². The summed E-state index contributed by atoms with van der Waals surface area (Å²) in [6.07, 6.45) is -2.11. The maximum Gasteiger partial charge on any atom is 0.408 e. The summed E-state index contributed by atoms with van der Waals surface area (Å²) in [7, 11) is 0. The van der Waals surface area contributed by atoms with Crippen LogP contribution in [0, 0.1) is 0 Å². The van der Waals surface area contributed by atoms with Crippen molar-refractivity contribution < 1.29 is 24.2 Å². The van der Waals surface area contributed by atoms with Crippen molar-refractivity contribution >= 4 is 12.1 Å². The number of hydrogen-bond donors (Lipinski definition) is 2. The fourth-order valence-electron chi connectivity index (χ4n) is 1.60. The van der Waals surface area contributed by atoms with Crippen LogP contribution in [0.1, 0.15) is 34.1 Å². The van der Waals surface area contributed by atoms with E-state index in [0.717, 1.165) is 0 Å². The number of aliphatic hydroxyl groups is 1. The van der Waals surface area contributed by atoms with E-state index in [0.29, 0.717) is 0 Å². The molecule has 3 atom stereocenters. The number of amides is 1. The Kier molecular flexibility index (Phi) is 3.98. The summed E-state index contributed by atoms with van der Waals surface area (Å²) in [5, 5.41) is 11.9. The van der Waals surface area contributed by atoms with Gasteiger partial charge in [0.05, 0.1) is 18.6 Å². The molecule has 1 heterocycles. The second-order valence-corrected chi connectivity index (χ2v) is 5.15. The van der Waals surface area contributed by atoms with Gasteiger partial charge in [0.2, 0.25) is 0 Å². The Morgan fingerprint density at radius 1 is 1.59 bits per heavy atom. The van der Waals surface area contributed by atoms with Crippen LogP contribution in [0.15, 0.2) is 0 Å². The third kappa shape index (κ3) is 4.22. The first kappa shape index (κ1) is 13.8. The van der Waals surface area contributed by atoms with E-state index in [1.807, 2.05) is 0 Å². The molecule has 0 aromatic carbocycles. The number of ether oxygens (including phenoxy) is 2. The molecular weight excluding hydrogens is 226 g/mol. The highest BCUT2D eigenvalue weighted by molar-refractivity contribution is 5.75. The van der Waals surface area contributed by atoms with Crippen molar-refractivity contribution in [2.45, 2.75) is 58.0 Å². The van der Waals surface area contributed by atoms with E-state index in [9.17, 15) is 14.7 Å². The maximum atomic E-state index is 11.5. The molecule has 6 heteroatoms. The number of hydrogen-bond acceptors (Lipinski definition) is 5. The standard InChI is InChI=1S/C11H19NO5/c1-6(13)9-7(5-8(14)16-9)12-10(15)17-11(2,3)4/h6-7,9,13H,5H2,1-4H3,(H,12,15)/t6-,7+,9+/m1/s1. The Balaban J connectivity index is 2.55. The van der Waals surface area contributed by atoms with E-state index in [4.69, 9.17) is 9.47 Å². The third-order valence-electron chi connectivity index (χ3n) is 2.23. The normalized spacial score (nSPS) is 26.3. The lowest BCUT2D eigenvalue weighted by Gasteiger charge is -2.24. The van der Waals surface area contributed by atoms with Crippen LogP contribution in [-0.2, 0) is 14.3 Å². The lowest BCUT2D eigenvalue weighted by Crippen LogP contribution is -2.46. The van der Waals surface area contributed by atoms with Gasteiger partial charge in [0, 0.05) is 0 Å². The predicted octanol–water partition coefficient (Wildman–Crippen LogP) is 0.576. The molecule has 1 aliphatic heterocycles. The zero-order valence-corrected chi connectivity index (χ0v) is 10.5. The van der Waals surface area contributed by atoms with Gasteiger partial charge in [-0.15, -0.1) is 0 Å². The van der Waals surface area contributed by atoms with Gasteiger partial charge >= 0.3 is 12.1 Å². The Bertz CT molecular complexity index is 307. The molecule has 0 aromatic heterocycles. The summed E-state index contributed by atoms with van der Waals surface area (Å²) in [5.41, 5.74) is -0.603. The van der Waals surface area contributed by atoms with E-state index < -0.39 is 35.9 Å². The summed E-state index contributed by atoms with van der Waals surface area (Å²) in [5.74, 6) is -0.433. The molecule has 1 saturated heterocycles. The lowest BCUT2D eigenvalue weighted by atomic mass is 10.1. The van der Waals surface area contributed by atoms with Crippen molar-refractivity contribution in [2.24, 2.45) is 0 Å². The second kappa shape index (κ2) is 4.91. The van der Waals surface area contributed by atoms with Crippen LogP contribution in [0.4, 0.5) is 4.79 Å². The number of alkyl carbamates (subject to hydrolysis) is 1. The van der Waals surface area contributed by atoms with E-state index in [1.165, 1.54) is 6.92 Å². The number of esters is 1. The zero-order valence-electron chi connectivity index (χ0n) is 10.5. The average Bonchev–Trinajstić information content (AvgIpc) is 2.42. The van der Waals surface area contributed by atoms with Crippen molar-refractivity contribution in [1.29, 1.82) is 0 Å². The molecule has 6 nitrogen and oxygen atoms in total. The molecule has 98 valence electrons. The van der Waals surface area contributed by atoms with Crippen molar-refractivity contribution in [2.75, 3.05) is 0 Å². The van der Waals surface area contributed by atoms with Crippen molar-refractivity contribution in [3.05, 3.63) is 0 Å². The number of carbonyl (C=O) groups excluding carboxylic acids is 2. The van der Waals surface area contributed by atoms with Crippen LogP contribution >= 0.6 is 0 Å².